The monoisotopic (exact) mass is 850 g/mol. The predicted molar refractivity (Wildman–Crippen MR) is 211 cm³/mol. The van der Waals surface area contributed by atoms with Gasteiger partial charge in [-0.1, -0.05) is 36.4 Å². The van der Waals surface area contributed by atoms with Gasteiger partial charge in [0.1, 0.15) is 12.6 Å². The van der Waals surface area contributed by atoms with E-state index < -0.39 is 80.4 Å². The summed E-state index contributed by atoms with van der Waals surface area (Å²) in [7, 11) is 0. The Labute approximate surface area is 341 Å². The van der Waals surface area contributed by atoms with E-state index in [4.69, 9.17) is 0 Å². The molecule has 9 rings (SSSR count). The number of nitrogens with one attached hydrogen (secondary N) is 2. The molecule has 0 unspecified atom stereocenters. The number of fused-ring (bicyclic) bond motifs is 8. The van der Waals surface area contributed by atoms with Crippen molar-refractivity contribution in [3.8, 4) is 44.5 Å². The number of aromatic amines is 2. The Morgan fingerprint density at radius 3 is 0.968 bits per heavy atom. The molecule has 0 amide bonds. The molecule has 0 fully saturated rings. The molecule has 0 spiro atoms. The summed E-state index contributed by atoms with van der Waals surface area (Å²) in [5.74, 6) is -22.4. The average molecular weight is 851 g/mol. The number of hydrogen-bond acceptors (Lipinski definition) is 4. The topological polar surface area (TPSA) is 91.5 Å². The summed E-state index contributed by atoms with van der Waals surface area (Å²) in [4.78, 5) is 38.9. The van der Waals surface area contributed by atoms with E-state index in [-0.39, 0.29) is 78.2 Å². The third-order valence-corrected chi connectivity index (χ3v) is 10.3. The largest absolute Gasteiger partial charge is 0.354 e. The lowest BCUT2D eigenvalue weighted by Crippen LogP contribution is -2.05. The maximum Gasteiger partial charge on any atom is 0.200 e. The van der Waals surface area contributed by atoms with E-state index in [1.54, 1.807) is 0 Å². The molecule has 5 heterocycles. The molecular weight excluding hydrogens is 831 g/mol. The van der Waals surface area contributed by atoms with Crippen LogP contribution in [0.25, 0.3) is 90.9 Å². The fraction of sp³-hybridized carbons (Fsp3) is 0. The molecule has 7 aromatic rings. The summed E-state index contributed by atoms with van der Waals surface area (Å²) in [6.07, 6.45) is 6.16. The van der Waals surface area contributed by atoms with Gasteiger partial charge in [0.2, 0.25) is 11.6 Å². The van der Waals surface area contributed by atoms with Crippen LogP contribution in [-0.4, -0.2) is 32.5 Å². The van der Waals surface area contributed by atoms with Gasteiger partial charge in [0.05, 0.1) is 33.9 Å². The Bertz CT molecular complexity index is 3090. The summed E-state index contributed by atoms with van der Waals surface area (Å²) in [6.45, 7) is 0. The first-order valence-electron chi connectivity index (χ1n) is 18.1. The van der Waals surface area contributed by atoms with Crippen molar-refractivity contribution in [1.29, 1.82) is 0 Å². The second-order valence-corrected chi connectivity index (χ2v) is 13.9. The molecule has 0 saturated heterocycles. The maximum absolute atomic E-state index is 15.9. The standard InChI is InChI=1S/C46H20F10N4O2/c47-37-35(38(48)42(52)45(55)41(37)51)33-27-11-7-23(57-27)31(21-5-1-3-19(15-21)17-61)24-8-12-28(58-24)34(36-39(49)43(53)46(56)44(54)40(36)50)30-14-10-26(60-30)32(25-9-13-29(33)59-25)22-6-2-4-20(16-22)18-62/h1-18,57,60H. The van der Waals surface area contributed by atoms with Crippen molar-refractivity contribution in [1.82, 2.24) is 19.9 Å². The molecule has 2 N–H and O–H groups in total. The Hall–Kier alpha value is -7.88. The molecule has 6 nitrogen and oxygen atoms in total. The number of hydrogen-bond donors (Lipinski definition) is 2. The van der Waals surface area contributed by atoms with Crippen molar-refractivity contribution in [2.45, 2.75) is 0 Å². The van der Waals surface area contributed by atoms with Crippen LogP contribution in [0.3, 0.4) is 0 Å². The number of rotatable bonds is 6. The molecule has 62 heavy (non-hydrogen) atoms. The zero-order chi connectivity index (χ0) is 43.7. The Morgan fingerprint density at radius 2 is 0.645 bits per heavy atom. The number of carbonyl (C=O) groups is 2. The van der Waals surface area contributed by atoms with E-state index >= 15 is 17.6 Å². The fourth-order valence-corrected chi connectivity index (χ4v) is 7.52. The zero-order valence-electron chi connectivity index (χ0n) is 30.9. The van der Waals surface area contributed by atoms with Gasteiger partial charge in [0, 0.05) is 55.4 Å². The van der Waals surface area contributed by atoms with E-state index in [1.807, 2.05) is 0 Å². The lowest BCUT2D eigenvalue weighted by atomic mass is 10.0. The highest BCUT2D eigenvalue weighted by Crippen LogP contribution is 2.42. The van der Waals surface area contributed by atoms with Crippen molar-refractivity contribution < 1.29 is 53.5 Å². The van der Waals surface area contributed by atoms with Gasteiger partial charge in [0.25, 0.3) is 0 Å². The van der Waals surface area contributed by atoms with Crippen LogP contribution in [0.1, 0.15) is 43.5 Å². The van der Waals surface area contributed by atoms with Crippen molar-refractivity contribution in [3.63, 3.8) is 0 Å². The van der Waals surface area contributed by atoms with Gasteiger partial charge in [-0.2, -0.15) is 0 Å². The van der Waals surface area contributed by atoms with E-state index in [0.717, 1.165) is 0 Å². The van der Waals surface area contributed by atoms with Crippen LogP contribution in [-0.2, 0) is 0 Å². The number of aldehydes is 2. The van der Waals surface area contributed by atoms with Crippen molar-refractivity contribution in [2.24, 2.45) is 0 Å². The van der Waals surface area contributed by atoms with Crippen LogP contribution < -0.4 is 0 Å². The minimum Gasteiger partial charge on any atom is -0.354 e. The van der Waals surface area contributed by atoms with Crippen molar-refractivity contribution >= 4 is 58.9 Å². The Morgan fingerprint density at radius 1 is 0.355 bits per heavy atom. The van der Waals surface area contributed by atoms with E-state index in [1.165, 1.54) is 97.1 Å². The van der Waals surface area contributed by atoms with Crippen LogP contribution >= 0.6 is 0 Å². The molecule has 0 aliphatic carbocycles. The highest BCUT2D eigenvalue weighted by Gasteiger charge is 2.32. The first kappa shape index (κ1) is 39.6. The van der Waals surface area contributed by atoms with Gasteiger partial charge in [0.15, 0.2) is 46.5 Å². The SMILES string of the molecule is O=Cc1cccc(-c2c3nc(c(-c4c(F)c(F)c(F)c(F)c4F)c4ccc([nH]4)c(-c4cccc(C=O)c4)c4nc(c(-c5c(F)c(F)c(F)c(F)c5F)c5ccc2[nH]5)C=C4)C=C3)c1. The second-order valence-electron chi connectivity index (χ2n) is 13.9. The summed E-state index contributed by atoms with van der Waals surface area (Å²) < 4.78 is 152. The molecule has 0 atom stereocenters. The van der Waals surface area contributed by atoms with Crippen LogP contribution in [0.2, 0.25) is 0 Å². The van der Waals surface area contributed by atoms with Crippen molar-refractivity contribution in [3.05, 3.63) is 165 Å². The number of aromatic nitrogens is 4. The van der Waals surface area contributed by atoms with E-state index in [0.29, 0.717) is 12.6 Å². The maximum atomic E-state index is 15.9. The van der Waals surface area contributed by atoms with Gasteiger partial charge in [-0.3, -0.25) is 9.59 Å². The molecule has 3 aromatic heterocycles. The highest BCUT2D eigenvalue weighted by atomic mass is 19.2. The van der Waals surface area contributed by atoms with Gasteiger partial charge < -0.3 is 9.97 Å². The van der Waals surface area contributed by atoms with Crippen LogP contribution in [0.15, 0.2) is 72.8 Å². The van der Waals surface area contributed by atoms with Crippen LogP contribution in [0, 0.1) is 58.2 Å². The smallest absolute Gasteiger partial charge is 0.200 e. The Kier molecular flexibility index (Phi) is 9.57. The summed E-state index contributed by atoms with van der Waals surface area (Å²) in [5.41, 5.74) is -3.98. The lowest BCUT2D eigenvalue weighted by Gasteiger charge is -2.11. The molecule has 0 saturated carbocycles. The second kappa shape index (κ2) is 15.0. The van der Waals surface area contributed by atoms with E-state index in [9.17, 15) is 35.9 Å². The minimum absolute atomic E-state index is 0.0406. The van der Waals surface area contributed by atoms with Crippen LogP contribution in [0.4, 0.5) is 43.9 Å². The molecule has 16 heteroatoms. The molecule has 4 aromatic carbocycles. The quantitative estimate of drug-likeness (QED) is 0.0754. The van der Waals surface area contributed by atoms with Gasteiger partial charge in [-0.25, -0.2) is 53.9 Å². The number of benzene rings is 4. The fourth-order valence-electron chi connectivity index (χ4n) is 7.52. The van der Waals surface area contributed by atoms with Crippen LogP contribution in [0.5, 0.6) is 0 Å². The summed E-state index contributed by atoms with van der Waals surface area (Å²) in [5, 5.41) is 0. The summed E-state index contributed by atoms with van der Waals surface area (Å²) >= 11 is 0. The number of halogens is 10. The number of nitrogens with zero attached hydrogens (tertiary/aromatic N) is 2. The molecule has 0 radical (unpaired) electrons. The van der Waals surface area contributed by atoms with Gasteiger partial charge >= 0.3 is 0 Å². The third kappa shape index (κ3) is 6.21. The number of H-pyrrole nitrogens is 2. The minimum atomic E-state index is -2.40. The lowest BCUT2D eigenvalue weighted by molar-refractivity contribution is 0.111. The zero-order valence-corrected chi connectivity index (χ0v) is 30.9. The average Bonchev–Trinajstić information content (AvgIpc) is 4.14. The molecule has 2 aliphatic rings. The Balaban J connectivity index is 1.54. The molecular formula is C46H20F10N4O2. The first-order chi connectivity index (χ1) is 29.8. The number of carbonyl (C=O) groups excluding carboxylic acids is 2. The molecule has 2 aliphatic heterocycles. The highest BCUT2D eigenvalue weighted by molar-refractivity contribution is 6.00. The molecule has 306 valence electrons. The molecule has 8 bridgehead atoms. The van der Waals surface area contributed by atoms with Crippen molar-refractivity contribution in [2.75, 3.05) is 0 Å². The summed E-state index contributed by atoms with van der Waals surface area (Å²) in [6, 6.07) is 17.0. The van der Waals surface area contributed by atoms with E-state index in [2.05, 4.69) is 19.9 Å². The van der Waals surface area contributed by atoms with Gasteiger partial charge in [-0.05, 0) is 71.8 Å². The normalized spacial score (nSPS) is 12.0. The predicted octanol–water partition coefficient (Wildman–Crippen LogP) is 12.3. The van der Waals surface area contributed by atoms with Gasteiger partial charge in [-0.15, -0.1) is 0 Å². The third-order valence-electron chi connectivity index (χ3n) is 10.3. The first-order valence-corrected chi connectivity index (χ1v) is 18.1.